The molecule has 0 bridgehead atoms. The Morgan fingerprint density at radius 2 is 2.28 bits per heavy atom. The topological polar surface area (TPSA) is 60.2 Å². The van der Waals surface area contributed by atoms with Crippen LogP contribution in [0.2, 0.25) is 0 Å². The first-order chi connectivity index (χ1) is 8.70. The van der Waals surface area contributed by atoms with Gasteiger partial charge in [-0.25, -0.2) is 4.39 Å². The van der Waals surface area contributed by atoms with Crippen molar-refractivity contribution in [1.82, 2.24) is 10.1 Å². The molecule has 0 spiro atoms. The van der Waals surface area contributed by atoms with Crippen LogP contribution in [0.3, 0.4) is 0 Å². The summed E-state index contributed by atoms with van der Waals surface area (Å²) in [5, 5.41) is 6.68. The predicted octanol–water partition coefficient (Wildman–Crippen LogP) is 2.24. The van der Waals surface area contributed by atoms with E-state index in [1.54, 1.807) is 26.2 Å². The van der Waals surface area contributed by atoms with Crippen molar-refractivity contribution in [2.75, 3.05) is 25.6 Å². The fourth-order valence-electron chi connectivity index (χ4n) is 1.40. The second kappa shape index (κ2) is 5.59. The minimum absolute atomic E-state index is 0.286. The number of ether oxygens (including phenoxy) is 1. The molecule has 1 N–H and O–H groups in total. The van der Waals surface area contributed by atoms with E-state index in [0.29, 0.717) is 36.1 Å². The maximum atomic E-state index is 13.4. The number of nitrogens with one attached hydrogen (secondary N) is 1. The number of aromatic nitrogens is 2. The Hall–Kier alpha value is -1.95. The lowest BCUT2D eigenvalue weighted by atomic mass is 10.1. The van der Waals surface area contributed by atoms with Crippen LogP contribution in [0.1, 0.15) is 5.56 Å². The summed E-state index contributed by atoms with van der Waals surface area (Å²) in [6.07, 6.45) is 0. The van der Waals surface area contributed by atoms with Crippen molar-refractivity contribution in [3.8, 4) is 11.4 Å². The maximum absolute atomic E-state index is 13.4. The minimum Gasteiger partial charge on any atom is -0.383 e. The molecule has 0 atom stereocenters. The van der Waals surface area contributed by atoms with Crippen LogP contribution in [-0.4, -0.2) is 30.4 Å². The lowest BCUT2D eigenvalue weighted by Gasteiger charge is -1.98. The second-order valence-electron chi connectivity index (χ2n) is 3.81. The second-order valence-corrected chi connectivity index (χ2v) is 3.81. The van der Waals surface area contributed by atoms with E-state index in [1.165, 1.54) is 6.07 Å². The van der Waals surface area contributed by atoms with Gasteiger partial charge in [0.1, 0.15) is 5.82 Å². The van der Waals surface area contributed by atoms with Crippen LogP contribution < -0.4 is 5.32 Å². The third-order valence-corrected chi connectivity index (χ3v) is 2.44. The Labute approximate surface area is 104 Å². The first kappa shape index (κ1) is 12.5. The number of hydrogen-bond donors (Lipinski definition) is 1. The average Bonchev–Trinajstić information content (AvgIpc) is 2.82. The molecule has 0 fully saturated rings. The third kappa shape index (κ3) is 2.84. The Morgan fingerprint density at radius 1 is 1.44 bits per heavy atom. The van der Waals surface area contributed by atoms with Crippen LogP contribution in [-0.2, 0) is 4.74 Å². The number of hydrogen-bond acceptors (Lipinski definition) is 5. The van der Waals surface area contributed by atoms with Gasteiger partial charge < -0.3 is 14.6 Å². The van der Waals surface area contributed by atoms with Gasteiger partial charge in [0, 0.05) is 19.2 Å². The highest BCUT2D eigenvalue weighted by Gasteiger charge is 2.09. The van der Waals surface area contributed by atoms with Crippen LogP contribution in [0.25, 0.3) is 11.4 Å². The lowest BCUT2D eigenvalue weighted by Crippen LogP contribution is -2.07. The summed E-state index contributed by atoms with van der Waals surface area (Å²) < 4.78 is 23.3. The molecule has 96 valence electrons. The molecule has 2 rings (SSSR count). The maximum Gasteiger partial charge on any atom is 0.321 e. The van der Waals surface area contributed by atoms with Crippen LogP contribution in [0.5, 0.6) is 0 Å². The van der Waals surface area contributed by atoms with E-state index in [4.69, 9.17) is 9.26 Å². The van der Waals surface area contributed by atoms with Gasteiger partial charge >= 0.3 is 6.01 Å². The van der Waals surface area contributed by atoms with Gasteiger partial charge in [0.05, 0.1) is 6.61 Å². The molecule has 0 aliphatic carbocycles. The van der Waals surface area contributed by atoms with E-state index >= 15 is 0 Å². The number of methoxy groups -OCH3 is 1. The van der Waals surface area contributed by atoms with E-state index in [0.717, 1.165) is 0 Å². The van der Waals surface area contributed by atoms with E-state index in [2.05, 4.69) is 15.5 Å². The Morgan fingerprint density at radius 3 is 3.00 bits per heavy atom. The van der Waals surface area contributed by atoms with Gasteiger partial charge in [-0.2, -0.15) is 4.98 Å². The first-order valence-electron chi connectivity index (χ1n) is 5.54. The largest absolute Gasteiger partial charge is 0.383 e. The lowest BCUT2D eigenvalue weighted by molar-refractivity contribution is 0.210. The van der Waals surface area contributed by atoms with E-state index < -0.39 is 0 Å². The molecule has 0 amide bonds. The first-order valence-corrected chi connectivity index (χ1v) is 5.54. The quantitative estimate of drug-likeness (QED) is 0.826. The standard InChI is InChI=1S/C12H14FN3O2/c1-8-3-4-9(7-10(8)13)11-15-12(18-16-11)14-5-6-17-2/h3-4,7H,5-6H2,1-2H3,(H,14,15,16). The van der Waals surface area contributed by atoms with Crippen molar-refractivity contribution >= 4 is 6.01 Å². The number of nitrogens with zero attached hydrogens (tertiary/aromatic N) is 2. The van der Waals surface area contributed by atoms with Crippen molar-refractivity contribution in [3.05, 3.63) is 29.6 Å². The van der Waals surface area contributed by atoms with Gasteiger partial charge in [-0.1, -0.05) is 17.3 Å². The summed E-state index contributed by atoms with van der Waals surface area (Å²) in [4.78, 5) is 4.11. The number of anilines is 1. The molecule has 1 aromatic carbocycles. The number of rotatable bonds is 5. The molecule has 0 saturated carbocycles. The van der Waals surface area contributed by atoms with Gasteiger partial charge in [-0.3, -0.25) is 0 Å². The zero-order valence-electron chi connectivity index (χ0n) is 10.2. The predicted molar refractivity (Wildman–Crippen MR) is 64.8 cm³/mol. The highest BCUT2D eigenvalue weighted by molar-refractivity contribution is 5.56. The van der Waals surface area contributed by atoms with Crippen molar-refractivity contribution in [2.24, 2.45) is 0 Å². The Balaban J connectivity index is 2.11. The fraction of sp³-hybridized carbons (Fsp3) is 0.333. The van der Waals surface area contributed by atoms with Gasteiger partial charge in [-0.15, -0.1) is 0 Å². The number of halogens is 1. The van der Waals surface area contributed by atoms with Crippen LogP contribution >= 0.6 is 0 Å². The number of benzene rings is 1. The normalized spacial score (nSPS) is 10.6. The summed E-state index contributed by atoms with van der Waals surface area (Å²) in [7, 11) is 1.61. The molecular formula is C12H14FN3O2. The number of aryl methyl sites for hydroxylation is 1. The Kier molecular flexibility index (Phi) is 3.88. The van der Waals surface area contributed by atoms with Gasteiger partial charge in [0.15, 0.2) is 0 Å². The molecule has 0 aliphatic heterocycles. The van der Waals surface area contributed by atoms with Crippen molar-refractivity contribution in [1.29, 1.82) is 0 Å². The van der Waals surface area contributed by atoms with Crippen LogP contribution in [0.4, 0.5) is 10.4 Å². The molecule has 1 heterocycles. The molecule has 18 heavy (non-hydrogen) atoms. The van der Waals surface area contributed by atoms with Crippen molar-refractivity contribution < 1.29 is 13.7 Å². The zero-order chi connectivity index (χ0) is 13.0. The van der Waals surface area contributed by atoms with Crippen molar-refractivity contribution in [2.45, 2.75) is 6.92 Å². The third-order valence-electron chi connectivity index (χ3n) is 2.44. The summed E-state index contributed by atoms with van der Waals surface area (Å²) in [5.41, 5.74) is 1.17. The summed E-state index contributed by atoms with van der Waals surface area (Å²) >= 11 is 0. The SMILES string of the molecule is COCCNc1nc(-c2ccc(C)c(F)c2)no1. The van der Waals surface area contributed by atoms with Gasteiger partial charge in [0.25, 0.3) is 0 Å². The van der Waals surface area contributed by atoms with E-state index in [-0.39, 0.29) is 5.82 Å². The van der Waals surface area contributed by atoms with Crippen molar-refractivity contribution in [3.63, 3.8) is 0 Å². The zero-order valence-corrected chi connectivity index (χ0v) is 10.2. The molecule has 5 nitrogen and oxygen atoms in total. The fourth-order valence-corrected chi connectivity index (χ4v) is 1.40. The van der Waals surface area contributed by atoms with Crippen LogP contribution in [0, 0.1) is 12.7 Å². The van der Waals surface area contributed by atoms with Gasteiger partial charge in [-0.05, 0) is 18.6 Å². The Bertz CT molecular complexity index is 528. The monoisotopic (exact) mass is 251 g/mol. The smallest absolute Gasteiger partial charge is 0.321 e. The molecule has 1 aromatic heterocycles. The molecule has 2 aromatic rings. The highest BCUT2D eigenvalue weighted by atomic mass is 19.1. The minimum atomic E-state index is -0.286. The van der Waals surface area contributed by atoms with Gasteiger partial charge in [0.2, 0.25) is 5.82 Å². The van der Waals surface area contributed by atoms with E-state index in [9.17, 15) is 4.39 Å². The summed E-state index contributed by atoms with van der Waals surface area (Å²) in [6.45, 7) is 2.81. The summed E-state index contributed by atoms with van der Waals surface area (Å²) in [5.74, 6) is 0.0695. The summed E-state index contributed by atoms with van der Waals surface area (Å²) in [6, 6.07) is 5.11. The molecule has 0 saturated heterocycles. The molecule has 0 aliphatic rings. The molecule has 0 radical (unpaired) electrons. The van der Waals surface area contributed by atoms with Crippen LogP contribution in [0.15, 0.2) is 22.7 Å². The highest BCUT2D eigenvalue weighted by Crippen LogP contribution is 2.20. The average molecular weight is 251 g/mol. The molecule has 6 heteroatoms. The molecular weight excluding hydrogens is 237 g/mol. The van der Waals surface area contributed by atoms with E-state index in [1.807, 2.05) is 0 Å². The molecule has 0 unspecified atom stereocenters.